The molecule has 0 atom stereocenters. The van der Waals surface area contributed by atoms with Gasteiger partial charge in [0.15, 0.2) is 5.82 Å². The van der Waals surface area contributed by atoms with Gasteiger partial charge in [0, 0.05) is 17.3 Å². The van der Waals surface area contributed by atoms with Gasteiger partial charge in [-0.3, -0.25) is 4.79 Å². The zero-order chi connectivity index (χ0) is 28.2. The highest BCUT2D eigenvalue weighted by atomic mass is 32.1. The fourth-order valence-corrected chi connectivity index (χ4v) is 5.15. The molecule has 202 valence electrons. The quantitative estimate of drug-likeness (QED) is 0.224. The molecule has 0 aliphatic carbocycles. The summed E-state index contributed by atoms with van der Waals surface area (Å²) in [5.74, 6) is 1.99. The van der Waals surface area contributed by atoms with Crippen LogP contribution in [0.15, 0.2) is 103 Å². The number of methoxy groups -OCH3 is 1. The fraction of sp³-hybridized carbons (Fsp3) is 0.0625. The van der Waals surface area contributed by atoms with Crippen molar-refractivity contribution in [2.75, 3.05) is 13.7 Å². The summed E-state index contributed by atoms with van der Waals surface area (Å²) in [4.78, 5) is 18.4. The normalized spacial score (nSPS) is 11.9. The van der Waals surface area contributed by atoms with Crippen LogP contribution >= 0.6 is 11.3 Å². The summed E-state index contributed by atoms with van der Waals surface area (Å²) in [6, 6.07) is 25.2. The molecule has 0 aliphatic heterocycles. The van der Waals surface area contributed by atoms with Crippen molar-refractivity contribution in [1.82, 2.24) is 24.4 Å². The summed E-state index contributed by atoms with van der Waals surface area (Å²) in [5.41, 5.74) is 4.10. The van der Waals surface area contributed by atoms with Crippen LogP contribution in [0, 0.1) is 0 Å². The maximum absolute atomic E-state index is 13.3. The molecule has 6 aromatic rings. The van der Waals surface area contributed by atoms with Crippen molar-refractivity contribution in [2.45, 2.75) is 0 Å². The molecule has 3 aromatic carbocycles. The van der Waals surface area contributed by atoms with Crippen LogP contribution in [0.5, 0.6) is 11.5 Å². The molecule has 0 bridgehead atoms. The first kappa shape index (κ1) is 26.0. The van der Waals surface area contributed by atoms with E-state index in [1.54, 1.807) is 19.3 Å². The SMILES string of the molecule is C=CCOc1ccc(-c2nn(-c3ccccc3)cc2/C=c2\sc3nc(/C=C/c4ccc(OC)cc4)nn3c2=O)cc1. The van der Waals surface area contributed by atoms with E-state index < -0.39 is 0 Å². The maximum Gasteiger partial charge on any atom is 0.291 e. The van der Waals surface area contributed by atoms with E-state index in [0.29, 0.717) is 21.9 Å². The topological polar surface area (TPSA) is 83.5 Å². The molecule has 8 nitrogen and oxygen atoms in total. The van der Waals surface area contributed by atoms with Crippen LogP contribution in [-0.2, 0) is 0 Å². The summed E-state index contributed by atoms with van der Waals surface area (Å²) in [5, 5.41) is 9.29. The Morgan fingerprint density at radius 2 is 1.68 bits per heavy atom. The van der Waals surface area contributed by atoms with Gasteiger partial charge in [0.25, 0.3) is 5.56 Å². The number of ether oxygens (including phenoxy) is 2. The van der Waals surface area contributed by atoms with Crippen LogP contribution in [0.3, 0.4) is 0 Å². The van der Waals surface area contributed by atoms with Gasteiger partial charge in [0.2, 0.25) is 4.96 Å². The number of para-hydroxylation sites is 1. The highest BCUT2D eigenvalue weighted by molar-refractivity contribution is 7.15. The Morgan fingerprint density at radius 1 is 0.927 bits per heavy atom. The highest BCUT2D eigenvalue weighted by Gasteiger charge is 2.14. The van der Waals surface area contributed by atoms with Gasteiger partial charge < -0.3 is 9.47 Å². The molecular formula is C32H25N5O3S. The van der Waals surface area contributed by atoms with Crippen LogP contribution in [0.1, 0.15) is 17.0 Å². The van der Waals surface area contributed by atoms with Gasteiger partial charge in [-0.1, -0.05) is 60.4 Å². The average Bonchev–Trinajstić information content (AvgIpc) is 3.70. The Kier molecular flexibility index (Phi) is 7.25. The lowest BCUT2D eigenvalue weighted by Gasteiger charge is -2.04. The number of benzene rings is 3. The van der Waals surface area contributed by atoms with E-state index >= 15 is 0 Å². The number of hydrogen-bond acceptors (Lipinski definition) is 7. The van der Waals surface area contributed by atoms with Crippen LogP contribution in [-0.4, -0.2) is 38.1 Å². The number of thiazole rings is 1. The number of nitrogens with zero attached hydrogens (tertiary/aromatic N) is 5. The van der Waals surface area contributed by atoms with E-state index in [4.69, 9.17) is 14.6 Å². The monoisotopic (exact) mass is 559 g/mol. The maximum atomic E-state index is 13.3. The van der Waals surface area contributed by atoms with Crippen molar-refractivity contribution in [3.8, 4) is 28.4 Å². The average molecular weight is 560 g/mol. The Bertz CT molecular complexity index is 1950. The van der Waals surface area contributed by atoms with Gasteiger partial charge in [-0.2, -0.15) is 14.6 Å². The molecule has 9 heteroatoms. The number of hydrogen-bond donors (Lipinski definition) is 0. The zero-order valence-corrected chi connectivity index (χ0v) is 23.0. The molecule has 3 heterocycles. The Labute approximate surface area is 239 Å². The van der Waals surface area contributed by atoms with Crippen molar-refractivity contribution in [3.05, 3.63) is 130 Å². The predicted molar refractivity (Wildman–Crippen MR) is 163 cm³/mol. The molecule has 0 fully saturated rings. The lowest BCUT2D eigenvalue weighted by molar-refractivity contribution is 0.363. The van der Waals surface area contributed by atoms with Crippen molar-refractivity contribution in [3.63, 3.8) is 0 Å². The van der Waals surface area contributed by atoms with Gasteiger partial charge in [0.1, 0.15) is 23.8 Å². The third-order valence-electron chi connectivity index (χ3n) is 6.28. The minimum Gasteiger partial charge on any atom is -0.497 e. The molecule has 0 unspecified atom stereocenters. The Balaban J connectivity index is 1.36. The number of rotatable bonds is 9. The second-order valence-corrected chi connectivity index (χ2v) is 10.0. The summed E-state index contributed by atoms with van der Waals surface area (Å²) in [6.07, 6.45) is 9.16. The number of fused-ring (bicyclic) bond motifs is 1. The zero-order valence-electron chi connectivity index (χ0n) is 22.2. The van der Waals surface area contributed by atoms with Gasteiger partial charge in [0.05, 0.1) is 17.3 Å². The third-order valence-corrected chi connectivity index (χ3v) is 7.24. The molecule has 3 aromatic heterocycles. The van der Waals surface area contributed by atoms with Crippen molar-refractivity contribution < 1.29 is 9.47 Å². The second kappa shape index (κ2) is 11.4. The van der Waals surface area contributed by atoms with E-state index in [9.17, 15) is 4.79 Å². The van der Waals surface area contributed by atoms with E-state index in [1.807, 2.05) is 102 Å². The lowest BCUT2D eigenvalue weighted by atomic mass is 10.1. The molecule has 0 N–H and O–H groups in total. The van der Waals surface area contributed by atoms with E-state index in [2.05, 4.69) is 16.7 Å². The van der Waals surface area contributed by atoms with Gasteiger partial charge >= 0.3 is 0 Å². The summed E-state index contributed by atoms with van der Waals surface area (Å²) in [6.45, 7) is 4.12. The molecular weight excluding hydrogens is 534 g/mol. The molecule has 0 amide bonds. The van der Waals surface area contributed by atoms with Crippen LogP contribution in [0.4, 0.5) is 0 Å². The van der Waals surface area contributed by atoms with Crippen LogP contribution in [0.25, 0.3) is 40.1 Å². The van der Waals surface area contributed by atoms with Crippen LogP contribution in [0.2, 0.25) is 0 Å². The van der Waals surface area contributed by atoms with Crippen molar-refractivity contribution in [1.29, 1.82) is 0 Å². The molecule has 6 rings (SSSR count). The largest absolute Gasteiger partial charge is 0.497 e. The molecule has 0 saturated carbocycles. The smallest absolute Gasteiger partial charge is 0.291 e. The van der Waals surface area contributed by atoms with E-state index in [-0.39, 0.29) is 5.56 Å². The first-order chi connectivity index (χ1) is 20.1. The van der Waals surface area contributed by atoms with Gasteiger partial charge in [-0.05, 0) is 66.2 Å². The minimum atomic E-state index is -0.229. The lowest BCUT2D eigenvalue weighted by Crippen LogP contribution is -2.23. The minimum absolute atomic E-state index is 0.229. The highest BCUT2D eigenvalue weighted by Crippen LogP contribution is 2.26. The van der Waals surface area contributed by atoms with Gasteiger partial charge in [-0.15, -0.1) is 5.10 Å². The standard InChI is InChI=1S/C32H25N5O3S/c1-3-19-40-27-16-12-23(13-17-27)30-24(21-36(35-30)25-7-5-4-6-8-25)20-28-31(38)37-32(41-28)33-29(34-37)18-11-22-9-14-26(39-2)15-10-22/h3-18,20-21H,1,19H2,2H3/b18-11+,28-20-. The van der Waals surface area contributed by atoms with Crippen LogP contribution < -0.4 is 19.6 Å². The number of aromatic nitrogens is 5. The fourth-order valence-electron chi connectivity index (χ4n) is 4.24. The first-order valence-corrected chi connectivity index (χ1v) is 13.7. The molecule has 41 heavy (non-hydrogen) atoms. The Morgan fingerprint density at radius 3 is 2.39 bits per heavy atom. The predicted octanol–water partition coefficient (Wildman–Crippen LogP) is 5.30. The van der Waals surface area contributed by atoms with Gasteiger partial charge in [-0.25, -0.2) is 4.68 Å². The molecule has 0 spiro atoms. The molecule has 0 saturated heterocycles. The molecule has 0 radical (unpaired) electrons. The second-order valence-electron chi connectivity index (χ2n) is 9.02. The first-order valence-electron chi connectivity index (χ1n) is 12.8. The van der Waals surface area contributed by atoms with E-state index in [1.165, 1.54) is 15.9 Å². The third kappa shape index (κ3) is 5.57. The summed E-state index contributed by atoms with van der Waals surface area (Å²) < 4.78 is 14.5. The van der Waals surface area contributed by atoms with E-state index in [0.717, 1.165) is 39.6 Å². The summed E-state index contributed by atoms with van der Waals surface area (Å²) in [7, 11) is 1.63. The van der Waals surface area contributed by atoms with Crippen molar-refractivity contribution >= 4 is 34.5 Å². The molecule has 0 aliphatic rings. The van der Waals surface area contributed by atoms with Crippen molar-refractivity contribution in [2.24, 2.45) is 0 Å². The summed E-state index contributed by atoms with van der Waals surface area (Å²) >= 11 is 1.29. The Hall–Kier alpha value is -5.28.